The van der Waals surface area contributed by atoms with E-state index in [9.17, 15) is 5.11 Å². The first-order valence-corrected chi connectivity index (χ1v) is 6.30. The molecule has 0 aliphatic carbocycles. The molecule has 0 saturated carbocycles. The van der Waals surface area contributed by atoms with Crippen LogP contribution in [0.4, 0.5) is 11.4 Å². The highest BCUT2D eigenvalue weighted by molar-refractivity contribution is 14.1. The fourth-order valence-corrected chi connectivity index (χ4v) is 2.73. The minimum absolute atomic E-state index is 0.0471. The Labute approximate surface area is 109 Å². The highest BCUT2D eigenvalue weighted by atomic mass is 127. The van der Waals surface area contributed by atoms with Gasteiger partial charge >= 0.3 is 0 Å². The first-order valence-electron chi connectivity index (χ1n) is 5.22. The monoisotopic (exact) mass is 334 g/mol. The maximum atomic E-state index is 9.32. The van der Waals surface area contributed by atoms with Gasteiger partial charge in [-0.1, -0.05) is 0 Å². The van der Waals surface area contributed by atoms with Crippen molar-refractivity contribution in [1.82, 2.24) is 0 Å². The molecule has 0 radical (unpaired) electrons. The zero-order chi connectivity index (χ0) is 11.5. The molecular formula is C11H15IN2O2. The van der Waals surface area contributed by atoms with Crippen molar-refractivity contribution < 1.29 is 9.84 Å². The summed E-state index contributed by atoms with van der Waals surface area (Å²) < 4.78 is 6.47. The van der Waals surface area contributed by atoms with Gasteiger partial charge in [-0.25, -0.2) is 0 Å². The van der Waals surface area contributed by atoms with Gasteiger partial charge in [-0.2, -0.15) is 0 Å². The molecule has 1 aromatic rings. The van der Waals surface area contributed by atoms with Crippen LogP contribution in [0.5, 0.6) is 0 Å². The number of morpholine rings is 1. The number of nitrogens with zero attached hydrogens (tertiary/aromatic N) is 1. The molecule has 5 heteroatoms. The maximum absolute atomic E-state index is 9.32. The molecule has 1 aliphatic rings. The Kier molecular flexibility index (Phi) is 3.88. The van der Waals surface area contributed by atoms with Crippen molar-refractivity contribution in [2.45, 2.75) is 6.04 Å². The number of aliphatic hydroxyl groups is 1. The minimum Gasteiger partial charge on any atom is -0.399 e. The van der Waals surface area contributed by atoms with E-state index in [4.69, 9.17) is 10.5 Å². The zero-order valence-corrected chi connectivity index (χ0v) is 11.1. The summed E-state index contributed by atoms with van der Waals surface area (Å²) in [6.45, 7) is 2.21. The minimum atomic E-state index is 0.0471. The summed E-state index contributed by atoms with van der Waals surface area (Å²) in [6, 6.07) is 5.89. The highest BCUT2D eigenvalue weighted by Gasteiger charge is 2.23. The lowest BCUT2D eigenvalue weighted by molar-refractivity contribution is 0.0726. The number of ether oxygens (including phenoxy) is 1. The van der Waals surface area contributed by atoms with Crippen LogP contribution in [-0.4, -0.2) is 37.5 Å². The third-order valence-corrected chi connectivity index (χ3v) is 3.58. The number of hydrogen-bond donors (Lipinski definition) is 2. The molecule has 88 valence electrons. The molecule has 1 saturated heterocycles. The van der Waals surface area contributed by atoms with Gasteiger partial charge in [0.2, 0.25) is 0 Å². The fourth-order valence-electron chi connectivity index (χ4n) is 1.88. The van der Waals surface area contributed by atoms with Crippen LogP contribution in [0.1, 0.15) is 0 Å². The van der Waals surface area contributed by atoms with Gasteiger partial charge in [0.1, 0.15) is 0 Å². The summed E-state index contributed by atoms with van der Waals surface area (Å²) in [5, 5.41) is 9.32. The van der Waals surface area contributed by atoms with E-state index in [1.165, 1.54) is 0 Å². The van der Waals surface area contributed by atoms with Gasteiger partial charge in [0.15, 0.2) is 0 Å². The average Bonchev–Trinajstić information content (AvgIpc) is 2.29. The van der Waals surface area contributed by atoms with E-state index in [1.807, 2.05) is 18.2 Å². The lowest BCUT2D eigenvalue weighted by Crippen LogP contribution is -2.48. The Morgan fingerprint density at radius 3 is 3.06 bits per heavy atom. The van der Waals surface area contributed by atoms with Crippen molar-refractivity contribution in [3.63, 3.8) is 0 Å². The fraction of sp³-hybridized carbons (Fsp3) is 0.455. The predicted molar refractivity (Wildman–Crippen MR) is 72.6 cm³/mol. The van der Waals surface area contributed by atoms with E-state index in [-0.39, 0.29) is 12.6 Å². The Bertz CT molecular complexity index is 373. The first-order chi connectivity index (χ1) is 7.72. The molecule has 16 heavy (non-hydrogen) atoms. The van der Waals surface area contributed by atoms with E-state index in [2.05, 4.69) is 27.5 Å². The lowest BCUT2D eigenvalue weighted by Gasteiger charge is -2.36. The van der Waals surface area contributed by atoms with Crippen molar-refractivity contribution in [3.05, 3.63) is 21.8 Å². The maximum Gasteiger partial charge on any atom is 0.0755 e. The largest absolute Gasteiger partial charge is 0.399 e. The summed E-state index contributed by atoms with van der Waals surface area (Å²) in [5.74, 6) is 0. The molecule has 4 nitrogen and oxygen atoms in total. The van der Waals surface area contributed by atoms with E-state index in [0.717, 1.165) is 21.5 Å². The van der Waals surface area contributed by atoms with Crippen LogP contribution < -0.4 is 10.6 Å². The van der Waals surface area contributed by atoms with Gasteiger partial charge in [0.05, 0.1) is 31.5 Å². The number of hydrogen-bond acceptors (Lipinski definition) is 4. The summed E-state index contributed by atoms with van der Waals surface area (Å²) in [7, 11) is 0. The number of anilines is 2. The SMILES string of the molecule is Nc1ccc(N2CCOCC2CO)c(I)c1. The summed E-state index contributed by atoms with van der Waals surface area (Å²) >= 11 is 2.27. The van der Waals surface area contributed by atoms with Gasteiger partial charge in [0, 0.05) is 15.8 Å². The van der Waals surface area contributed by atoms with Crippen molar-refractivity contribution in [1.29, 1.82) is 0 Å². The normalized spacial score (nSPS) is 21.1. The molecule has 1 atom stereocenters. The van der Waals surface area contributed by atoms with Crippen molar-refractivity contribution >= 4 is 34.0 Å². The lowest BCUT2D eigenvalue weighted by atomic mass is 10.2. The van der Waals surface area contributed by atoms with Gasteiger partial charge < -0.3 is 20.5 Å². The summed E-state index contributed by atoms with van der Waals surface area (Å²) in [4.78, 5) is 2.19. The Morgan fingerprint density at radius 2 is 2.38 bits per heavy atom. The van der Waals surface area contributed by atoms with Crippen molar-refractivity contribution in [2.75, 3.05) is 37.0 Å². The second kappa shape index (κ2) is 5.20. The molecule has 0 amide bonds. The molecule has 0 aromatic heterocycles. The third-order valence-electron chi connectivity index (χ3n) is 2.72. The summed E-state index contributed by atoms with van der Waals surface area (Å²) in [5.41, 5.74) is 7.61. The van der Waals surface area contributed by atoms with Crippen LogP contribution >= 0.6 is 22.6 Å². The average molecular weight is 334 g/mol. The molecule has 1 fully saturated rings. The smallest absolute Gasteiger partial charge is 0.0755 e. The van der Waals surface area contributed by atoms with E-state index < -0.39 is 0 Å². The second-order valence-electron chi connectivity index (χ2n) is 3.82. The van der Waals surface area contributed by atoms with Gasteiger partial charge in [0.25, 0.3) is 0 Å². The van der Waals surface area contributed by atoms with Crippen molar-refractivity contribution in [3.8, 4) is 0 Å². The standard InChI is InChI=1S/C11H15IN2O2/c12-10-5-8(13)1-2-11(10)14-3-4-16-7-9(14)6-15/h1-2,5,9,15H,3-4,6-7,13H2. The van der Waals surface area contributed by atoms with Crippen LogP contribution in [0.3, 0.4) is 0 Å². The zero-order valence-electron chi connectivity index (χ0n) is 8.90. The van der Waals surface area contributed by atoms with Crippen LogP contribution in [0.25, 0.3) is 0 Å². The first kappa shape index (κ1) is 11.9. The summed E-state index contributed by atoms with van der Waals surface area (Å²) in [6.07, 6.45) is 0. The Hall–Kier alpha value is -0.530. The molecule has 1 aromatic carbocycles. The predicted octanol–water partition coefficient (Wildman–Crippen LogP) is 1.07. The number of nitrogens with two attached hydrogens (primary N) is 1. The number of benzene rings is 1. The van der Waals surface area contributed by atoms with Gasteiger partial charge in [-0.3, -0.25) is 0 Å². The molecule has 3 N–H and O–H groups in total. The molecule has 1 unspecified atom stereocenters. The third kappa shape index (κ3) is 2.41. The van der Waals surface area contributed by atoms with Crippen molar-refractivity contribution in [2.24, 2.45) is 0 Å². The highest BCUT2D eigenvalue weighted by Crippen LogP contribution is 2.27. The molecule has 1 aliphatic heterocycles. The van der Waals surface area contributed by atoms with E-state index in [1.54, 1.807) is 0 Å². The van der Waals surface area contributed by atoms with Crippen LogP contribution in [0.2, 0.25) is 0 Å². The van der Waals surface area contributed by atoms with Crippen LogP contribution in [0, 0.1) is 3.57 Å². The Morgan fingerprint density at radius 1 is 1.56 bits per heavy atom. The number of halogens is 1. The van der Waals surface area contributed by atoms with Crippen LogP contribution in [-0.2, 0) is 4.74 Å². The second-order valence-corrected chi connectivity index (χ2v) is 4.98. The molecular weight excluding hydrogens is 319 g/mol. The topological polar surface area (TPSA) is 58.7 Å². The quantitative estimate of drug-likeness (QED) is 0.628. The molecule has 0 spiro atoms. The number of aliphatic hydroxyl groups excluding tert-OH is 1. The molecule has 1 heterocycles. The van der Waals surface area contributed by atoms with Gasteiger partial charge in [-0.15, -0.1) is 0 Å². The van der Waals surface area contributed by atoms with E-state index in [0.29, 0.717) is 13.2 Å². The molecule has 0 bridgehead atoms. The number of rotatable bonds is 2. The number of nitrogen functional groups attached to an aromatic ring is 1. The van der Waals surface area contributed by atoms with Crippen LogP contribution in [0.15, 0.2) is 18.2 Å². The molecule has 2 rings (SSSR count). The van der Waals surface area contributed by atoms with E-state index >= 15 is 0 Å². The Balaban J connectivity index is 2.27. The van der Waals surface area contributed by atoms with Gasteiger partial charge in [-0.05, 0) is 40.8 Å².